The highest BCUT2D eigenvalue weighted by molar-refractivity contribution is 7.08. The molecule has 4 rings (SSSR count). The van der Waals surface area contributed by atoms with Crippen LogP contribution in [0.2, 0.25) is 0 Å². The number of nitrogens with zero attached hydrogens (tertiary/aromatic N) is 3. The molecule has 2 heterocycles. The predicted molar refractivity (Wildman–Crippen MR) is 81.3 cm³/mol. The largest absolute Gasteiger partial charge is 0.311 e. The number of thiophene rings is 1. The fourth-order valence-electron chi connectivity index (χ4n) is 2.97. The Kier molecular flexibility index (Phi) is 2.48. The third-order valence-corrected chi connectivity index (χ3v) is 5.63. The smallest absolute Gasteiger partial charge is 0.143 e. The molecule has 0 saturated heterocycles. The standard InChI is InChI=1S/C16H21N3S/c1-15(2,11-6-9-20-10-11)13-17-18-14(16(3)7-8-16)19(13)12-4-5-12/h6,9-10,12H,4-5,7-8H2,1-3H3. The molecule has 2 saturated carbocycles. The first-order valence-corrected chi connectivity index (χ1v) is 8.45. The molecule has 106 valence electrons. The molecule has 0 N–H and O–H groups in total. The lowest BCUT2D eigenvalue weighted by atomic mass is 9.85. The minimum absolute atomic E-state index is 0.0565. The number of hydrogen-bond donors (Lipinski definition) is 0. The summed E-state index contributed by atoms with van der Waals surface area (Å²) in [4.78, 5) is 0. The van der Waals surface area contributed by atoms with Gasteiger partial charge in [0.15, 0.2) is 0 Å². The first-order chi connectivity index (χ1) is 9.52. The second-order valence-corrected chi connectivity index (χ2v) is 7.93. The van der Waals surface area contributed by atoms with E-state index in [9.17, 15) is 0 Å². The van der Waals surface area contributed by atoms with Crippen LogP contribution in [0.5, 0.6) is 0 Å². The van der Waals surface area contributed by atoms with Crippen LogP contribution in [0.1, 0.15) is 69.7 Å². The fraction of sp³-hybridized carbons (Fsp3) is 0.625. The van der Waals surface area contributed by atoms with Gasteiger partial charge in [0.25, 0.3) is 0 Å². The summed E-state index contributed by atoms with van der Waals surface area (Å²) in [6.07, 6.45) is 5.09. The van der Waals surface area contributed by atoms with E-state index >= 15 is 0 Å². The van der Waals surface area contributed by atoms with Crippen molar-refractivity contribution in [3.63, 3.8) is 0 Å². The van der Waals surface area contributed by atoms with Gasteiger partial charge in [0, 0.05) is 11.5 Å². The maximum absolute atomic E-state index is 4.63. The van der Waals surface area contributed by atoms with E-state index in [0.717, 1.165) is 5.82 Å². The van der Waals surface area contributed by atoms with Crippen molar-refractivity contribution in [2.24, 2.45) is 0 Å². The normalized spacial score (nSPS) is 21.1. The minimum Gasteiger partial charge on any atom is -0.311 e. The Morgan fingerprint density at radius 1 is 1.30 bits per heavy atom. The molecule has 2 aliphatic carbocycles. The van der Waals surface area contributed by atoms with Crippen LogP contribution < -0.4 is 0 Å². The van der Waals surface area contributed by atoms with Crippen LogP contribution in [0.25, 0.3) is 0 Å². The molecule has 2 aliphatic rings. The van der Waals surface area contributed by atoms with Crippen molar-refractivity contribution in [1.82, 2.24) is 14.8 Å². The van der Waals surface area contributed by atoms with Crippen molar-refractivity contribution in [3.8, 4) is 0 Å². The average Bonchev–Trinajstić information content (AvgIpc) is 3.27. The number of hydrogen-bond acceptors (Lipinski definition) is 3. The van der Waals surface area contributed by atoms with E-state index in [-0.39, 0.29) is 5.41 Å². The highest BCUT2D eigenvalue weighted by Gasteiger charge is 2.47. The van der Waals surface area contributed by atoms with E-state index in [4.69, 9.17) is 0 Å². The lowest BCUT2D eigenvalue weighted by Gasteiger charge is -2.25. The first kappa shape index (κ1) is 12.6. The summed E-state index contributed by atoms with van der Waals surface area (Å²) in [5, 5.41) is 13.6. The van der Waals surface area contributed by atoms with Gasteiger partial charge in [0.05, 0.1) is 5.41 Å². The highest BCUT2D eigenvalue weighted by Crippen LogP contribution is 2.51. The highest BCUT2D eigenvalue weighted by atomic mass is 32.1. The lowest BCUT2D eigenvalue weighted by Crippen LogP contribution is -2.25. The summed E-state index contributed by atoms with van der Waals surface area (Å²) in [6, 6.07) is 2.86. The Morgan fingerprint density at radius 2 is 2.05 bits per heavy atom. The molecular weight excluding hydrogens is 266 g/mol. The Balaban J connectivity index is 1.84. The zero-order valence-corrected chi connectivity index (χ0v) is 13.2. The average molecular weight is 287 g/mol. The molecule has 0 aliphatic heterocycles. The predicted octanol–water partition coefficient (Wildman–Crippen LogP) is 4.05. The van der Waals surface area contributed by atoms with E-state index in [1.165, 1.54) is 37.1 Å². The third kappa shape index (κ3) is 1.77. The van der Waals surface area contributed by atoms with Gasteiger partial charge < -0.3 is 4.57 Å². The lowest BCUT2D eigenvalue weighted by molar-refractivity contribution is 0.514. The van der Waals surface area contributed by atoms with Crippen LogP contribution in [-0.2, 0) is 10.8 Å². The van der Waals surface area contributed by atoms with Gasteiger partial charge in [-0.25, -0.2) is 0 Å². The maximum atomic E-state index is 4.63. The third-order valence-electron chi connectivity index (χ3n) is 4.95. The van der Waals surface area contributed by atoms with E-state index in [0.29, 0.717) is 11.5 Å². The Hall–Kier alpha value is -1.16. The van der Waals surface area contributed by atoms with Crippen LogP contribution in [-0.4, -0.2) is 14.8 Å². The van der Waals surface area contributed by atoms with Gasteiger partial charge in [0.2, 0.25) is 0 Å². The zero-order valence-electron chi connectivity index (χ0n) is 12.4. The quantitative estimate of drug-likeness (QED) is 0.849. The van der Waals surface area contributed by atoms with Gasteiger partial charge in [-0.05, 0) is 61.9 Å². The van der Waals surface area contributed by atoms with E-state index in [1.807, 2.05) is 0 Å². The zero-order chi connectivity index (χ0) is 14.0. The second kappa shape index (κ2) is 3.94. The van der Waals surface area contributed by atoms with Crippen LogP contribution >= 0.6 is 11.3 Å². The van der Waals surface area contributed by atoms with Crippen molar-refractivity contribution in [3.05, 3.63) is 34.0 Å². The van der Waals surface area contributed by atoms with Gasteiger partial charge in [-0.15, -0.1) is 10.2 Å². The van der Waals surface area contributed by atoms with Crippen LogP contribution in [0.4, 0.5) is 0 Å². The molecule has 20 heavy (non-hydrogen) atoms. The molecule has 0 spiro atoms. The van der Waals surface area contributed by atoms with E-state index in [1.54, 1.807) is 11.3 Å². The van der Waals surface area contributed by atoms with E-state index < -0.39 is 0 Å². The molecule has 2 aromatic heterocycles. The molecule has 0 unspecified atom stereocenters. The van der Waals surface area contributed by atoms with Gasteiger partial charge in [-0.3, -0.25) is 0 Å². The molecule has 0 radical (unpaired) electrons. The SMILES string of the molecule is CC1(c2nnc(C(C)(C)c3ccsc3)n2C2CC2)CC1. The topological polar surface area (TPSA) is 30.7 Å². The molecule has 0 bridgehead atoms. The van der Waals surface area contributed by atoms with Gasteiger partial charge >= 0.3 is 0 Å². The van der Waals surface area contributed by atoms with Crippen molar-refractivity contribution in [2.45, 2.75) is 63.3 Å². The molecule has 0 atom stereocenters. The Morgan fingerprint density at radius 3 is 2.60 bits per heavy atom. The van der Waals surface area contributed by atoms with Crippen LogP contribution in [0, 0.1) is 0 Å². The summed E-state index contributed by atoms with van der Waals surface area (Å²) in [6.45, 7) is 6.88. The van der Waals surface area contributed by atoms with Gasteiger partial charge in [0.1, 0.15) is 11.6 Å². The summed E-state index contributed by atoms with van der Waals surface area (Å²) >= 11 is 1.76. The fourth-order valence-corrected chi connectivity index (χ4v) is 3.79. The molecule has 0 amide bonds. The van der Waals surface area contributed by atoms with Gasteiger partial charge in [-0.1, -0.05) is 6.92 Å². The van der Waals surface area contributed by atoms with Crippen molar-refractivity contribution >= 4 is 11.3 Å². The molecular formula is C16H21N3S. The number of aromatic nitrogens is 3. The van der Waals surface area contributed by atoms with Gasteiger partial charge in [-0.2, -0.15) is 11.3 Å². The minimum atomic E-state index is -0.0565. The summed E-state index contributed by atoms with van der Waals surface area (Å²) < 4.78 is 2.48. The monoisotopic (exact) mass is 287 g/mol. The van der Waals surface area contributed by atoms with Crippen LogP contribution in [0.15, 0.2) is 16.8 Å². The molecule has 4 heteroatoms. The molecule has 2 aromatic rings. The number of rotatable bonds is 4. The maximum Gasteiger partial charge on any atom is 0.143 e. The molecule has 3 nitrogen and oxygen atoms in total. The first-order valence-electron chi connectivity index (χ1n) is 7.51. The van der Waals surface area contributed by atoms with Crippen LogP contribution in [0.3, 0.4) is 0 Å². The van der Waals surface area contributed by atoms with E-state index in [2.05, 4.69) is 52.4 Å². The molecule has 0 aromatic carbocycles. The Labute approximate surface area is 124 Å². The molecule has 2 fully saturated rings. The van der Waals surface area contributed by atoms with Crippen molar-refractivity contribution < 1.29 is 0 Å². The Bertz CT molecular complexity index is 631. The van der Waals surface area contributed by atoms with Crippen molar-refractivity contribution in [2.75, 3.05) is 0 Å². The van der Waals surface area contributed by atoms with Crippen molar-refractivity contribution in [1.29, 1.82) is 0 Å². The summed E-state index contributed by atoms with van der Waals surface area (Å²) in [7, 11) is 0. The second-order valence-electron chi connectivity index (χ2n) is 7.15. The summed E-state index contributed by atoms with van der Waals surface area (Å²) in [5.41, 5.74) is 1.58. The summed E-state index contributed by atoms with van der Waals surface area (Å²) in [5.74, 6) is 2.39.